The van der Waals surface area contributed by atoms with Gasteiger partial charge in [-0.15, -0.1) is 0 Å². The molecule has 0 saturated heterocycles. The molecule has 0 aliphatic heterocycles. The Hall–Kier alpha value is -0.900. The van der Waals surface area contributed by atoms with E-state index in [4.69, 9.17) is 16.3 Å². The molecule has 0 bridgehead atoms. The summed E-state index contributed by atoms with van der Waals surface area (Å²) in [5.74, 6) is 3.00. The van der Waals surface area contributed by atoms with Crippen LogP contribution in [-0.2, 0) is 19.1 Å². The predicted molar refractivity (Wildman–Crippen MR) is 116 cm³/mol. The highest BCUT2D eigenvalue weighted by Gasteiger charge is 2.63. The number of halogens is 1. The van der Waals surface area contributed by atoms with Crippen molar-refractivity contribution in [2.24, 2.45) is 46.3 Å². The zero-order chi connectivity index (χ0) is 21.7. The van der Waals surface area contributed by atoms with Gasteiger partial charge in [-0.2, -0.15) is 0 Å². The van der Waals surface area contributed by atoms with Gasteiger partial charge in [-0.3, -0.25) is 14.4 Å². The fraction of sp³-hybridized carbons (Fsp3) is 0.880. The van der Waals surface area contributed by atoms with Crippen LogP contribution in [0.25, 0.3) is 0 Å². The molecule has 0 aromatic heterocycles. The third kappa shape index (κ3) is 3.55. The average Bonchev–Trinajstić information content (AvgIpc) is 3.04. The Bertz CT molecular complexity index is 707. The van der Waals surface area contributed by atoms with Crippen LogP contribution in [0, 0.1) is 46.3 Å². The highest BCUT2D eigenvalue weighted by Crippen LogP contribution is 2.67. The lowest BCUT2D eigenvalue weighted by Gasteiger charge is -2.60. The number of hydrogen-bond acceptors (Lipinski definition) is 4. The van der Waals surface area contributed by atoms with Crippen LogP contribution in [0.4, 0.5) is 0 Å². The Balaban J connectivity index is 1.54. The van der Waals surface area contributed by atoms with Gasteiger partial charge >= 0.3 is 0 Å². The van der Waals surface area contributed by atoms with Gasteiger partial charge in [-0.25, -0.2) is 0 Å². The second-order valence-electron chi connectivity index (χ2n) is 11.3. The third-order valence-corrected chi connectivity index (χ3v) is 10.4. The Labute approximate surface area is 185 Å². The molecule has 4 rings (SSSR count). The molecule has 4 saturated carbocycles. The maximum atomic E-state index is 13.5. The average molecular weight is 437 g/mol. The van der Waals surface area contributed by atoms with Gasteiger partial charge in [-0.05, 0) is 103 Å². The lowest BCUT2D eigenvalue weighted by molar-refractivity contribution is -0.164. The van der Waals surface area contributed by atoms with E-state index in [1.54, 1.807) is 0 Å². The number of carbonyl (C=O) groups excluding carboxylic acids is 3. The van der Waals surface area contributed by atoms with Crippen LogP contribution in [0.1, 0.15) is 85.0 Å². The van der Waals surface area contributed by atoms with Crippen molar-refractivity contribution in [1.82, 2.24) is 0 Å². The quantitative estimate of drug-likeness (QED) is 0.404. The van der Waals surface area contributed by atoms with Crippen LogP contribution >= 0.6 is 11.6 Å². The second-order valence-corrected chi connectivity index (χ2v) is 11.8. The summed E-state index contributed by atoms with van der Waals surface area (Å²) in [5, 5.41) is -0.235. The molecule has 0 aromatic carbocycles. The second kappa shape index (κ2) is 8.22. The van der Waals surface area contributed by atoms with Crippen LogP contribution in [-0.4, -0.2) is 23.6 Å². The summed E-state index contributed by atoms with van der Waals surface area (Å²) in [7, 11) is 0. The predicted octanol–water partition coefficient (Wildman–Crippen LogP) is 5.55. The molecule has 4 aliphatic rings. The minimum absolute atomic E-state index is 0.0138. The normalized spacial score (nSPS) is 46.3. The Morgan fingerprint density at radius 1 is 1.17 bits per heavy atom. The molecule has 5 heteroatoms. The van der Waals surface area contributed by atoms with Crippen molar-refractivity contribution in [3.63, 3.8) is 0 Å². The van der Waals surface area contributed by atoms with Crippen molar-refractivity contribution < 1.29 is 19.1 Å². The van der Waals surface area contributed by atoms with Crippen LogP contribution in [0.2, 0.25) is 0 Å². The summed E-state index contributed by atoms with van der Waals surface area (Å²) < 4.78 is 5.29. The maximum absolute atomic E-state index is 13.5. The molecule has 0 heterocycles. The summed E-state index contributed by atoms with van der Waals surface area (Å²) in [5.41, 5.74) is 0.393. The molecular weight excluding hydrogens is 400 g/mol. The monoisotopic (exact) mass is 436 g/mol. The van der Waals surface area contributed by atoms with Crippen molar-refractivity contribution in [3.8, 4) is 0 Å². The fourth-order valence-corrected chi connectivity index (χ4v) is 8.72. The number of ether oxygens (including phenoxy) is 1. The Morgan fingerprint density at radius 2 is 1.87 bits per heavy atom. The van der Waals surface area contributed by atoms with E-state index in [1.165, 1.54) is 12.8 Å². The van der Waals surface area contributed by atoms with Crippen LogP contribution in [0.3, 0.4) is 0 Å². The van der Waals surface area contributed by atoms with Gasteiger partial charge in [0.1, 0.15) is 11.9 Å². The first-order valence-electron chi connectivity index (χ1n) is 12.0. The van der Waals surface area contributed by atoms with Gasteiger partial charge in [0, 0.05) is 18.8 Å². The Kier molecular flexibility index (Phi) is 6.11. The molecule has 0 radical (unpaired) electrons. The first-order chi connectivity index (χ1) is 14.2. The number of ketones is 1. The van der Waals surface area contributed by atoms with Crippen molar-refractivity contribution in [2.75, 3.05) is 0 Å². The van der Waals surface area contributed by atoms with E-state index in [1.807, 2.05) is 0 Å². The summed E-state index contributed by atoms with van der Waals surface area (Å²) in [6.07, 6.45) is 9.42. The van der Waals surface area contributed by atoms with E-state index in [0.29, 0.717) is 54.7 Å². The fourth-order valence-electron chi connectivity index (χ4n) is 8.61. The molecule has 0 amide bonds. The minimum Gasteiger partial charge on any atom is -0.465 e. The third-order valence-electron chi connectivity index (χ3n) is 10.2. The molecule has 4 fully saturated rings. The van der Waals surface area contributed by atoms with Crippen LogP contribution in [0.5, 0.6) is 0 Å². The number of fused-ring (bicyclic) bond motifs is 5. The van der Waals surface area contributed by atoms with E-state index in [2.05, 4.69) is 20.8 Å². The van der Waals surface area contributed by atoms with E-state index in [9.17, 15) is 14.4 Å². The molecule has 0 N–H and O–H groups in total. The largest absolute Gasteiger partial charge is 0.465 e. The van der Waals surface area contributed by atoms with E-state index >= 15 is 0 Å². The first kappa shape index (κ1) is 22.3. The summed E-state index contributed by atoms with van der Waals surface area (Å²) >= 11 is 5.61. The number of hydrogen-bond donors (Lipinski definition) is 0. The van der Waals surface area contributed by atoms with Crippen molar-refractivity contribution >= 4 is 29.1 Å². The zero-order valence-electron chi connectivity index (χ0n) is 18.7. The van der Waals surface area contributed by atoms with Crippen molar-refractivity contribution in [3.05, 3.63) is 0 Å². The SMILES string of the molecule is C[C@H](CCC(=O)Cl)[C@H]1CC[C@H]2[C@@H]3C(=O)C[C@@H]4C[C@H](OC=O)CC[C@]4(C)[C@H]3CC[C@]12C. The van der Waals surface area contributed by atoms with Crippen LogP contribution < -0.4 is 0 Å². The lowest BCUT2D eigenvalue weighted by atomic mass is 9.44. The van der Waals surface area contributed by atoms with Gasteiger partial charge in [0.05, 0.1) is 0 Å². The summed E-state index contributed by atoms with van der Waals surface area (Å²) in [6.45, 7) is 7.70. The lowest BCUT2D eigenvalue weighted by Crippen LogP contribution is -2.57. The van der Waals surface area contributed by atoms with Gasteiger partial charge in [0.15, 0.2) is 0 Å². The standard InChI is InChI=1S/C25H37ClO4/c1-15(4-7-22(26)29)18-5-6-19-23-20(9-11-25(18,19)3)24(2)10-8-17(30-14-27)12-16(24)13-21(23)28/h14-20,23H,4-13H2,1-3H3/t15-,16+,17-,18-,19+,20+,23+,24+,25-/m1/s1. The maximum Gasteiger partial charge on any atom is 0.293 e. The molecule has 9 atom stereocenters. The highest BCUT2D eigenvalue weighted by molar-refractivity contribution is 6.63. The van der Waals surface area contributed by atoms with E-state index < -0.39 is 0 Å². The number of carbonyl (C=O) groups is 3. The molecule has 4 nitrogen and oxygen atoms in total. The summed E-state index contributed by atoms with van der Waals surface area (Å²) in [4.78, 5) is 35.6. The summed E-state index contributed by atoms with van der Waals surface area (Å²) in [6, 6.07) is 0. The molecule has 0 spiro atoms. The van der Waals surface area contributed by atoms with Crippen molar-refractivity contribution in [1.29, 1.82) is 0 Å². The molecule has 168 valence electrons. The van der Waals surface area contributed by atoms with E-state index in [0.717, 1.165) is 38.5 Å². The van der Waals surface area contributed by atoms with Gasteiger partial charge in [-0.1, -0.05) is 20.8 Å². The molecular formula is C25H37ClO4. The highest BCUT2D eigenvalue weighted by atomic mass is 35.5. The van der Waals surface area contributed by atoms with Crippen molar-refractivity contribution in [2.45, 2.75) is 91.1 Å². The van der Waals surface area contributed by atoms with Gasteiger partial charge in [0.25, 0.3) is 6.47 Å². The molecule has 30 heavy (non-hydrogen) atoms. The smallest absolute Gasteiger partial charge is 0.293 e. The van der Waals surface area contributed by atoms with Gasteiger partial charge < -0.3 is 4.74 Å². The molecule has 0 aromatic rings. The topological polar surface area (TPSA) is 60.4 Å². The Morgan fingerprint density at radius 3 is 2.57 bits per heavy atom. The molecule has 4 aliphatic carbocycles. The minimum atomic E-state index is -0.235. The van der Waals surface area contributed by atoms with E-state index in [-0.39, 0.29) is 28.1 Å². The number of Topliss-reactive ketones (excluding diaryl/α,β-unsaturated/α-hetero) is 1. The first-order valence-corrected chi connectivity index (χ1v) is 12.4. The molecule has 0 unspecified atom stereocenters. The zero-order valence-corrected chi connectivity index (χ0v) is 19.5. The van der Waals surface area contributed by atoms with Gasteiger partial charge in [0.2, 0.25) is 5.24 Å². The van der Waals surface area contributed by atoms with Crippen LogP contribution in [0.15, 0.2) is 0 Å². The number of rotatable bonds is 6.